The Hall–Kier alpha value is -2.87. The zero-order valence-corrected chi connectivity index (χ0v) is 20.3. The van der Waals surface area contributed by atoms with E-state index in [9.17, 15) is 20.1 Å². The fourth-order valence-corrected chi connectivity index (χ4v) is 4.73. The molecule has 1 aliphatic heterocycles. The van der Waals surface area contributed by atoms with Crippen molar-refractivity contribution in [1.29, 1.82) is 0 Å². The summed E-state index contributed by atoms with van der Waals surface area (Å²) in [6.07, 6.45) is -1.72. The molecule has 0 fully saturated rings. The Kier molecular flexibility index (Phi) is 6.23. The highest BCUT2D eigenvalue weighted by atomic mass is 16.5. The Bertz CT molecular complexity index is 1330. The zero-order valence-electron chi connectivity index (χ0n) is 20.3. The van der Waals surface area contributed by atoms with Crippen LogP contribution in [0.1, 0.15) is 50.5 Å². The van der Waals surface area contributed by atoms with Crippen LogP contribution in [0, 0.1) is 12.8 Å². The predicted octanol–water partition coefficient (Wildman–Crippen LogP) is 4.30. The molecule has 0 bridgehead atoms. The molecule has 1 aromatic heterocycles. The van der Waals surface area contributed by atoms with E-state index in [-0.39, 0.29) is 46.6 Å². The number of phenolic OH excluding ortho intramolecular Hbond substituents is 1. The van der Waals surface area contributed by atoms with Crippen LogP contribution in [0.5, 0.6) is 11.5 Å². The normalized spacial score (nSPS) is 19.1. The van der Waals surface area contributed by atoms with Gasteiger partial charge < -0.3 is 29.2 Å². The monoisotopic (exact) mass is 468 g/mol. The molecule has 0 saturated heterocycles. The first-order valence-electron chi connectivity index (χ1n) is 11.5. The van der Waals surface area contributed by atoms with E-state index in [0.29, 0.717) is 23.5 Å². The van der Waals surface area contributed by atoms with Crippen molar-refractivity contribution in [3.63, 3.8) is 0 Å². The van der Waals surface area contributed by atoms with E-state index in [2.05, 4.69) is 6.58 Å². The summed E-state index contributed by atoms with van der Waals surface area (Å²) < 4.78 is 17.8. The topological polar surface area (TPSA) is 109 Å². The van der Waals surface area contributed by atoms with Crippen molar-refractivity contribution >= 4 is 21.9 Å². The van der Waals surface area contributed by atoms with Gasteiger partial charge in [-0.25, -0.2) is 0 Å². The van der Waals surface area contributed by atoms with Crippen molar-refractivity contribution in [2.24, 2.45) is 5.92 Å². The maximum Gasteiger partial charge on any atom is 0.204 e. The number of ether oxygens (including phenoxy) is 2. The van der Waals surface area contributed by atoms with Crippen LogP contribution in [-0.2, 0) is 11.2 Å². The number of fused-ring (bicyclic) bond motifs is 4. The molecule has 0 saturated carbocycles. The minimum absolute atomic E-state index is 0.00196. The highest BCUT2D eigenvalue weighted by Crippen LogP contribution is 2.44. The van der Waals surface area contributed by atoms with E-state index in [0.717, 1.165) is 11.1 Å². The van der Waals surface area contributed by atoms with Crippen LogP contribution in [-0.4, -0.2) is 40.2 Å². The van der Waals surface area contributed by atoms with Crippen molar-refractivity contribution in [1.82, 2.24) is 0 Å². The van der Waals surface area contributed by atoms with E-state index in [1.807, 2.05) is 20.8 Å². The van der Waals surface area contributed by atoms with Gasteiger partial charge in [0.25, 0.3) is 0 Å². The number of benzene rings is 2. The minimum Gasteiger partial charge on any atom is -0.507 e. The molecule has 34 heavy (non-hydrogen) atoms. The molecule has 7 heteroatoms. The van der Waals surface area contributed by atoms with Gasteiger partial charge in [0.15, 0.2) is 0 Å². The summed E-state index contributed by atoms with van der Waals surface area (Å²) in [5, 5.41) is 32.8. The first-order valence-corrected chi connectivity index (χ1v) is 11.5. The number of hydrogen-bond donors (Lipinski definition) is 3. The highest BCUT2D eigenvalue weighted by Gasteiger charge is 2.35. The Morgan fingerprint density at radius 3 is 2.68 bits per heavy atom. The molecule has 2 aromatic carbocycles. The molecule has 0 radical (unpaired) electrons. The molecule has 3 atom stereocenters. The minimum atomic E-state index is -0.997. The SMILES string of the molecule is C=C(C)[C@H]1COc2c(C)cc3oc4c(C[C@H](O)C(C)(C)OCC)ccc(O)c4c(=O)c3c2[C@@H]1O. The Morgan fingerprint density at radius 2 is 2.03 bits per heavy atom. The second-order valence-corrected chi connectivity index (χ2v) is 9.65. The highest BCUT2D eigenvalue weighted by molar-refractivity contribution is 5.97. The van der Waals surface area contributed by atoms with Crippen LogP contribution in [0.3, 0.4) is 0 Å². The largest absolute Gasteiger partial charge is 0.507 e. The Morgan fingerprint density at radius 1 is 1.32 bits per heavy atom. The molecule has 3 aromatic rings. The van der Waals surface area contributed by atoms with Crippen molar-refractivity contribution in [2.45, 2.75) is 58.8 Å². The molecule has 4 rings (SSSR count). The van der Waals surface area contributed by atoms with Crippen LogP contribution in [0.2, 0.25) is 0 Å². The number of rotatable bonds is 6. The van der Waals surface area contributed by atoms with Crippen LogP contribution < -0.4 is 10.2 Å². The fourth-order valence-electron chi connectivity index (χ4n) is 4.73. The molecule has 1 aliphatic rings. The second kappa shape index (κ2) is 8.73. The van der Waals surface area contributed by atoms with Crippen LogP contribution in [0.25, 0.3) is 21.9 Å². The number of aryl methyl sites for hydroxylation is 1. The standard InChI is InChI=1S/C27H32O7/c1-7-33-27(5,6)19(29)11-15-8-9-17(28)20-24(31)21-18(34-26(15)20)10-14(4)25-22(21)23(30)16(12-32-25)13(2)3/h8-10,16,19,23,28-30H,2,7,11-12H2,1,3-6H3/t16-,19+,23-/m1/s1. The van der Waals surface area contributed by atoms with E-state index in [4.69, 9.17) is 13.9 Å². The van der Waals surface area contributed by atoms with Gasteiger partial charge in [-0.3, -0.25) is 4.79 Å². The molecule has 0 amide bonds. The zero-order chi connectivity index (χ0) is 24.9. The van der Waals surface area contributed by atoms with Crippen molar-refractivity contribution < 1.29 is 29.2 Å². The first-order chi connectivity index (χ1) is 16.0. The second-order valence-electron chi connectivity index (χ2n) is 9.65. The lowest BCUT2D eigenvalue weighted by Gasteiger charge is -2.32. The maximum atomic E-state index is 13.8. The third-order valence-electron chi connectivity index (χ3n) is 6.80. The van der Waals surface area contributed by atoms with Crippen molar-refractivity contribution in [3.8, 4) is 11.5 Å². The number of aliphatic hydroxyl groups excluding tert-OH is 2. The summed E-state index contributed by atoms with van der Waals surface area (Å²) in [4.78, 5) is 13.8. The van der Waals surface area contributed by atoms with Gasteiger partial charge in [0, 0.05) is 24.5 Å². The van der Waals surface area contributed by atoms with Crippen LogP contribution >= 0.6 is 0 Å². The summed E-state index contributed by atoms with van der Waals surface area (Å²) in [5.41, 5.74) is 1.60. The molecule has 0 spiro atoms. The molecule has 3 N–H and O–H groups in total. The number of aliphatic hydroxyl groups is 2. The number of phenols is 1. The molecular weight excluding hydrogens is 436 g/mol. The maximum absolute atomic E-state index is 13.8. The predicted molar refractivity (Wildman–Crippen MR) is 131 cm³/mol. The fraction of sp³-hybridized carbons (Fsp3) is 0.444. The summed E-state index contributed by atoms with van der Waals surface area (Å²) in [5.74, 6) is -0.151. The van der Waals surface area contributed by atoms with Gasteiger partial charge in [-0.2, -0.15) is 0 Å². The van der Waals surface area contributed by atoms with Gasteiger partial charge in [-0.05, 0) is 57.9 Å². The summed E-state index contributed by atoms with van der Waals surface area (Å²) in [6, 6.07) is 4.76. The molecule has 0 aliphatic carbocycles. The van der Waals surface area contributed by atoms with E-state index >= 15 is 0 Å². The lowest BCUT2D eigenvalue weighted by molar-refractivity contribution is -0.0954. The van der Waals surface area contributed by atoms with Gasteiger partial charge in [0.1, 0.15) is 28.1 Å². The quantitative estimate of drug-likeness (QED) is 0.366. The van der Waals surface area contributed by atoms with Crippen molar-refractivity contribution in [2.75, 3.05) is 13.2 Å². The van der Waals surface area contributed by atoms with Gasteiger partial charge in [0.05, 0.1) is 29.8 Å². The Labute approximate surface area is 198 Å². The summed E-state index contributed by atoms with van der Waals surface area (Å²) >= 11 is 0. The lowest BCUT2D eigenvalue weighted by Crippen LogP contribution is -2.40. The van der Waals surface area contributed by atoms with E-state index in [1.165, 1.54) is 6.07 Å². The average Bonchev–Trinajstić information content (AvgIpc) is 2.75. The van der Waals surface area contributed by atoms with Crippen molar-refractivity contribution in [3.05, 3.63) is 57.3 Å². The molecule has 182 valence electrons. The molecule has 7 nitrogen and oxygen atoms in total. The van der Waals surface area contributed by atoms with E-state index in [1.54, 1.807) is 26.0 Å². The van der Waals surface area contributed by atoms with Gasteiger partial charge in [0.2, 0.25) is 5.43 Å². The third-order valence-corrected chi connectivity index (χ3v) is 6.80. The molecular formula is C27H32O7. The molecule has 2 heterocycles. The van der Waals surface area contributed by atoms with Gasteiger partial charge >= 0.3 is 0 Å². The Balaban J connectivity index is 1.98. The third kappa shape index (κ3) is 3.87. The smallest absolute Gasteiger partial charge is 0.204 e. The van der Waals surface area contributed by atoms with E-state index < -0.39 is 23.2 Å². The average molecular weight is 469 g/mol. The number of aromatic hydroxyl groups is 1. The molecule has 0 unspecified atom stereocenters. The van der Waals surface area contributed by atoms with Gasteiger partial charge in [-0.15, -0.1) is 0 Å². The van der Waals surface area contributed by atoms with Crippen LogP contribution in [0.4, 0.5) is 0 Å². The number of hydrogen-bond acceptors (Lipinski definition) is 7. The first kappa shape index (κ1) is 24.3. The summed E-state index contributed by atoms with van der Waals surface area (Å²) in [7, 11) is 0. The van der Waals surface area contributed by atoms with Crippen LogP contribution in [0.15, 0.2) is 39.6 Å². The summed E-state index contributed by atoms with van der Waals surface area (Å²) in [6.45, 7) is 13.7. The lowest BCUT2D eigenvalue weighted by atomic mass is 9.85. The van der Waals surface area contributed by atoms with Gasteiger partial charge in [-0.1, -0.05) is 18.2 Å².